The first-order chi connectivity index (χ1) is 13.2. The van der Waals surface area contributed by atoms with E-state index in [0.29, 0.717) is 18.5 Å². The second kappa shape index (κ2) is 7.67. The molecule has 0 spiro atoms. The molecule has 0 saturated heterocycles. The number of primary amides is 1. The fourth-order valence-electron chi connectivity index (χ4n) is 3.23. The molecule has 1 amide bonds. The Labute approximate surface area is 161 Å². The number of aromatic nitrogens is 2. The van der Waals surface area contributed by atoms with Gasteiger partial charge in [0.25, 0.3) is 11.8 Å². The van der Waals surface area contributed by atoms with Crippen LogP contribution in [0.1, 0.15) is 40.9 Å². The second-order valence-electron chi connectivity index (χ2n) is 7.17. The predicted octanol–water partition coefficient (Wildman–Crippen LogP) is 2.86. The Hall–Kier alpha value is -2.81. The van der Waals surface area contributed by atoms with E-state index < -0.39 is 23.9 Å². The molecule has 7 nitrogen and oxygen atoms in total. The highest BCUT2D eigenvalue weighted by Gasteiger charge is 2.44. The van der Waals surface area contributed by atoms with Crippen molar-refractivity contribution in [3.8, 4) is 0 Å². The monoisotopic (exact) mass is 390 g/mol. The maximum Gasteiger partial charge on any atom is 0.271 e. The first-order valence-corrected chi connectivity index (χ1v) is 9.08. The van der Waals surface area contributed by atoms with E-state index in [1.54, 1.807) is 0 Å². The van der Waals surface area contributed by atoms with Crippen LogP contribution in [0.3, 0.4) is 0 Å². The highest BCUT2D eigenvalue weighted by Crippen LogP contribution is 2.33. The van der Waals surface area contributed by atoms with Crippen LogP contribution < -0.4 is 22.1 Å². The van der Waals surface area contributed by atoms with Crippen LogP contribution in [-0.2, 0) is 0 Å². The molecule has 1 aromatic carbocycles. The minimum atomic E-state index is -2.93. The van der Waals surface area contributed by atoms with Crippen LogP contribution in [0.15, 0.2) is 24.4 Å². The van der Waals surface area contributed by atoms with Crippen molar-refractivity contribution in [3.63, 3.8) is 0 Å². The number of halogens is 2. The minimum Gasteiger partial charge on any atom is -0.364 e. The van der Waals surface area contributed by atoms with Crippen molar-refractivity contribution in [1.82, 2.24) is 9.97 Å². The molecule has 0 radical (unpaired) electrons. The van der Waals surface area contributed by atoms with Gasteiger partial charge in [0.15, 0.2) is 11.5 Å². The third-order valence-corrected chi connectivity index (χ3v) is 5.06. The number of carbonyl (C=O) groups is 1. The van der Waals surface area contributed by atoms with Gasteiger partial charge >= 0.3 is 0 Å². The van der Waals surface area contributed by atoms with Crippen molar-refractivity contribution in [2.75, 3.05) is 10.6 Å². The fourth-order valence-corrected chi connectivity index (χ4v) is 3.23. The number of anilines is 3. The van der Waals surface area contributed by atoms with Gasteiger partial charge in [-0.2, -0.15) is 0 Å². The topological polar surface area (TPSA) is 119 Å². The number of rotatable bonds is 5. The molecule has 1 heterocycles. The first-order valence-electron chi connectivity index (χ1n) is 9.08. The van der Waals surface area contributed by atoms with Gasteiger partial charge in [0, 0.05) is 18.2 Å². The molecule has 2 aromatic rings. The van der Waals surface area contributed by atoms with Gasteiger partial charge in [0.2, 0.25) is 0 Å². The van der Waals surface area contributed by atoms with Gasteiger partial charge in [0.1, 0.15) is 5.82 Å². The van der Waals surface area contributed by atoms with E-state index in [9.17, 15) is 13.6 Å². The summed E-state index contributed by atoms with van der Waals surface area (Å²) in [6.45, 7) is 3.95. The van der Waals surface area contributed by atoms with Crippen LogP contribution in [0.2, 0.25) is 0 Å². The van der Waals surface area contributed by atoms with E-state index in [0.717, 1.165) is 11.1 Å². The Balaban J connectivity index is 1.87. The number of nitrogens with one attached hydrogen (secondary N) is 2. The highest BCUT2D eigenvalue weighted by molar-refractivity contribution is 5.96. The van der Waals surface area contributed by atoms with Crippen LogP contribution in [0.4, 0.5) is 26.1 Å². The molecule has 3 rings (SSSR count). The summed E-state index contributed by atoms with van der Waals surface area (Å²) in [5, 5.41) is 5.96. The summed E-state index contributed by atoms with van der Waals surface area (Å²) in [6, 6.07) is 3.70. The highest BCUT2D eigenvalue weighted by atomic mass is 19.3. The Morgan fingerprint density at radius 2 is 2.04 bits per heavy atom. The Bertz CT molecular complexity index is 889. The van der Waals surface area contributed by atoms with E-state index in [2.05, 4.69) is 20.6 Å². The maximum atomic E-state index is 13.9. The van der Waals surface area contributed by atoms with Crippen molar-refractivity contribution in [1.29, 1.82) is 0 Å². The van der Waals surface area contributed by atoms with E-state index in [-0.39, 0.29) is 23.8 Å². The average molecular weight is 390 g/mol. The minimum absolute atomic E-state index is 0.0398. The van der Waals surface area contributed by atoms with E-state index in [1.807, 2.05) is 32.0 Å². The number of nitrogens with zero attached hydrogens (tertiary/aromatic N) is 2. The van der Waals surface area contributed by atoms with Gasteiger partial charge in [-0.1, -0.05) is 6.07 Å². The van der Waals surface area contributed by atoms with Crippen molar-refractivity contribution < 1.29 is 13.6 Å². The summed E-state index contributed by atoms with van der Waals surface area (Å²) in [6.07, 6.45) is 1.93. The molecule has 150 valence electrons. The first kappa shape index (κ1) is 19.9. The number of amides is 1. The number of aryl methyl sites for hydroxylation is 2. The number of hydrogen-bond acceptors (Lipinski definition) is 6. The molecule has 1 aromatic heterocycles. The van der Waals surface area contributed by atoms with Gasteiger partial charge in [-0.25, -0.2) is 18.7 Å². The molecule has 2 unspecified atom stereocenters. The zero-order valence-electron chi connectivity index (χ0n) is 15.8. The molecule has 0 bridgehead atoms. The largest absolute Gasteiger partial charge is 0.364 e. The van der Waals surface area contributed by atoms with Crippen molar-refractivity contribution in [2.45, 2.75) is 51.1 Å². The third kappa shape index (κ3) is 4.19. The molecule has 0 aliphatic heterocycles. The van der Waals surface area contributed by atoms with Crippen LogP contribution in [0, 0.1) is 13.8 Å². The molecular weight excluding hydrogens is 366 g/mol. The summed E-state index contributed by atoms with van der Waals surface area (Å²) in [5.74, 6) is -3.28. The summed E-state index contributed by atoms with van der Waals surface area (Å²) < 4.78 is 27.8. The molecule has 1 aliphatic rings. The van der Waals surface area contributed by atoms with Crippen molar-refractivity contribution in [3.05, 3.63) is 41.2 Å². The standard InChI is InChI=1S/C19H24F2N6O/c1-10-5-6-12(8-11(10)2)25-18-15(17(23)28)24-9-14(27-18)26-13-4-3-7-19(20,21)16(13)22/h5-6,8-9,13,16H,3-4,7,22H2,1-2H3,(H2,23,28)(H2,25,26,27). The number of benzene rings is 1. The number of hydrogen-bond donors (Lipinski definition) is 4. The van der Waals surface area contributed by atoms with Gasteiger partial charge in [-0.15, -0.1) is 0 Å². The van der Waals surface area contributed by atoms with Crippen molar-refractivity contribution >= 4 is 23.2 Å². The van der Waals surface area contributed by atoms with Gasteiger partial charge in [-0.05, 0) is 49.9 Å². The lowest BCUT2D eigenvalue weighted by molar-refractivity contribution is -0.0554. The van der Waals surface area contributed by atoms with Crippen LogP contribution in [0.5, 0.6) is 0 Å². The van der Waals surface area contributed by atoms with E-state index >= 15 is 0 Å². The molecule has 1 saturated carbocycles. The lowest BCUT2D eigenvalue weighted by Crippen LogP contribution is -2.55. The fraction of sp³-hybridized carbons (Fsp3) is 0.421. The Morgan fingerprint density at radius 3 is 2.71 bits per heavy atom. The van der Waals surface area contributed by atoms with E-state index in [4.69, 9.17) is 11.5 Å². The maximum absolute atomic E-state index is 13.9. The van der Waals surface area contributed by atoms with Crippen LogP contribution in [-0.4, -0.2) is 33.9 Å². The Kier molecular flexibility index (Phi) is 5.46. The summed E-state index contributed by atoms with van der Waals surface area (Å²) in [4.78, 5) is 20.1. The zero-order chi connectivity index (χ0) is 20.5. The molecule has 28 heavy (non-hydrogen) atoms. The molecule has 9 heteroatoms. The molecular formula is C19H24F2N6O. The average Bonchev–Trinajstić information content (AvgIpc) is 2.62. The van der Waals surface area contributed by atoms with E-state index in [1.165, 1.54) is 6.20 Å². The number of nitrogens with two attached hydrogens (primary N) is 2. The molecule has 6 N–H and O–H groups in total. The van der Waals surface area contributed by atoms with Crippen LogP contribution in [0.25, 0.3) is 0 Å². The lowest BCUT2D eigenvalue weighted by Gasteiger charge is -2.36. The predicted molar refractivity (Wildman–Crippen MR) is 104 cm³/mol. The van der Waals surface area contributed by atoms with Gasteiger partial charge < -0.3 is 22.1 Å². The SMILES string of the molecule is Cc1ccc(Nc2nc(NC3CCCC(F)(F)C3N)cnc2C(N)=O)cc1C. The Morgan fingerprint density at radius 1 is 1.29 bits per heavy atom. The normalized spacial score (nSPS) is 21.2. The van der Waals surface area contributed by atoms with Crippen LogP contribution >= 0.6 is 0 Å². The molecule has 2 atom stereocenters. The van der Waals surface area contributed by atoms with Crippen molar-refractivity contribution in [2.24, 2.45) is 11.5 Å². The molecule has 1 fully saturated rings. The van der Waals surface area contributed by atoms with Gasteiger partial charge in [-0.3, -0.25) is 4.79 Å². The van der Waals surface area contributed by atoms with Gasteiger partial charge in [0.05, 0.1) is 12.2 Å². The third-order valence-electron chi connectivity index (χ3n) is 5.06. The summed E-state index contributed by atoms with van der Waals surface area (Å²) in [7, 11) is 0. The smallest absolute Gasteiger partial charge is 0.271 e. The zero-order valence-corrected chi connectivity index (χ0v) is 15.8. The number of carbonyl (C=O) groups excluding carboxylic acids is 1. The summed E-state index contributed by atoms with van der Waals surface area (Å²) in [5.41, 5.74) is 14.0. The number of alkyl halides is 2. The quantitative estimate of drug-likeness (QED) is 0.623. The molecule has 1 aliphatic carbocycles. The second-order valence-corrected chi connectivity index (χ2v) is 7.17. The lowest BCUT2D eigenvalue weighted by atomic mass is 9.87. The summed E-state index contributed by atoms with van der Waals surface area (Å²) >= 11 is 0.